The predicted molar refractivity (Wildman–Crippen MR) is 86.0 cm³/mol. The van der Waals surface area contributed by atoms with Crippen molar-refractivity contribution in [2.24, 2.45) is 5.92 Å². The van der Waals surface area contributed by atoms with Gasteiger partial charge in [-0.2, -0.15) is 0 Å². The summed E-state index contributed by atoms with van der Waals surface area (Å²) in [5, 5.41) is 3.87. The fourth-order valence-corrected chi connectivity index (χ4v) is 5.15. The van der Waals surface area contributed by atoms with E-state index in [2.05, 4.69) is 17.1 Å². The lowest BCUT2D eigenvalue weighted by molar-refractivity contribution is 0.000467. The normalized spacial score (nSPS) is 39.5. The van der Waals surface area contributed by atoms with Gasteiger partial charge in [-0.15, -0.1) is 0 Å². The largest absolute Gasteiger partial charge is 0.312 e. The molecule has 1 aliphatic heterocycles. The van der Waals surface area contributed by atoms with Crippen molar-refractivity contribution in [2.75, 3.05) is 13.1 Å². The van der Waals surface area contributed by atoms with Crippen LogP contribution in [0.2, 0.25) is 0 Å². The van der Waals surface area contributed by atoms with Crippen LogP contribution in [0.1, 0.15) is 77.6 Å². The fraction of sp³-hybridized carbons (Fsp3) is 1.00. The van der Waals surface area contributed by atoms with Crippen LogP contribution in [0.3, 0.4) is 0 Å². The van der Waals surface area contributed by atoms with Crippen LogP contribution in [0.5, 0.6) is 0 Å². The monoisotopic (exact) mass is 278 g/mol. The summed E-state index contributed by atoms with van der Waals surface area (Å²) in [5.41, 5.74) is 0. The molecular weight excluding hydrogens is 244 g/mol. The Balaban J connectivity index is 1.67. The van der Waals surface area contributed by atoms with E-state index >= 15 is 0 Å². The summed E-state index contributed by atoms with van der Waals surface area (Å²) in [4.78, 5) is 2.97. The zero-order valence-electron chi connectivity index (χ0n) is 13.4. The molecule has 0 spiro atoms. The molecule has 0 radical (unpaired) electrons. The summed E-state index contributed by atoms with van der Waals surface area (Å²) >= 11 is 0. The molecule has 3 rings (SSSR count). The Morgan fingerprint density at radius 2 is 1.55 bits per heavy atom. The van der Waals surface area contributed by atoms with Crippen LogP contribution in [-0.2, 0) is 0 Å². The van der Waals surface area contributed by atoms with E-state index in [0.29, 0.717) is 0 Å². The van der Waals surface area contributed by atoms with E-state index in [0.717, 1.165) is 24.0 Å². The molecule has 1 heterocycles. The van der Waals surface area contributed by atoms with Crippen LogP contribution in [0, 0.1) is 5.92 Å². The van der Waals surface area contributed by atoms with Crippen LogP contribution in [0.25, 0.3) is 0 Å². The molecule has 3 fully saturated rings. The van der Waals surface area contributed by atoms with Gasteiger partial charge >= 0.3 is 0 Å². The predicted octanol–water partition coefficient (Wildman–Crippen LogP) is 3.95. The van der Waals surface area contributed by atoms with Crippen LogP contribution >= 0.6 is 0 Å². The van der Waals surface area contributed by atoms with Crippen molar-refractivity contribution in [3.63, 3.8) is 0 Å². The highest BCUT2D eigenvalue weighted by molar-refractivity contribution is 4.96. The highest BCUT2D eigenvalue weighted by atomic mass is 15.2. The number of fused-ring (bicyclic) bond motifs is 1. The first kappa shape index (κ1) is 14.8. The first-order valence-electron chi connectivity index (χ1n) is 9.39. The van der Waals surface area contributed by atoms with Gasteiger partial charge in [0.2, 0.25) is 0 Å². The van der Waals surface area contributed by atoms with Gasteiger partial charge in [0.1, 0.15) is 0 Å². The van der Waals surface area contributed by atoms with Crippen LogP contribution in [0.15, 0.2) is 0 Å². The minimum absolute atomic E-state index is 0.782. The number of hydrogen-bond donors (Lipinski definition) is 1. The zero-order valence-corrected chi connectivity index (χ0v) is 13.4. The molecule has 1 N–H and O–H groups in total. The van der Waals surface area contributed by atoms with Crippen molar-refractivity contribution in [1.29, 1.82) is 0 Å². The number of likely N-dealkylation sites (tertiary alicyclic amines) is 1. The molecule has 2 unspecified atom stereocenters. The smallest absolute Gasteiger partial charge is 0.0252 e. The maximum atomic E-state index is 3.87. The van der Waals surface area contributed by atoms with Gasteiger partial charge in [0.25, 0.3) is 0 Å². The van der Waals surface area contributed by atoms with Crippen molar-refractivity contribution in [2.45, 2.75) is 95.7 Å². The van der Waals surface area contributed by atoms with E-state index < -0.39 is 0 Å². The Labute approximate surface area is 125 Å². The first-order valence-corrected chi connectivity index (χ1v) is 9.39. The molecule has 4 atom stereocenters. The number of rotatable bonds is 4. The number of nitrogens with one attached hydrogen (secondary N) is 1. The third kappa shape index (κ3) is 3.22. The molecule has 0 aromatic carbocycles. The quantitative estimate of drug-likeness (QED) is 0.837. The molecule has 0 amide bonds. The topological polar surface area (TPSA) is 15.3 Å². The highest BCUT2D eigenvalue weighted by Gasteiger charge is 2.39. The molecule has 2 nitrogen and oxygen atoms in total. The third-order valence-corrected chi connectivity index (χ3v) is 6.10. The van der Waals surface area contributed by atoms with Crippen molar-refractivity contribution in [3.05, 3.63) is 0 Å². The maximum Gasteiger partial charge on any atom is 0.0252 e. The van der Waals surface area contributed by atoms with E-state index in [1.807, 2.05) is 0 Å². The van der Waals surface area contributed by atoms with Crippen molar-refractivity contribution in [3.8, 4) is 0 Å². The average molecular weight is 278 g/mol. The lowest BCUT2D eigenvalue weighted by Gasteiger charge is -2.51. The second-order valence-electron chi connectivity index (χ2n) is 7.40. The van der Waals surface area contributed by atoms with Gasteiger partial charge in [-0.3, -0.25) is 4.90 Å². The van der Waals surface area contributed by atoms with Gasteiger partial charge in [0, 0.05) is 18.1 Å². The van der Waals surface area contributed by atoms with Crippen LogP contribution in [-0.4, -0.2) is 36.1 Å². The Hall–Kier alpha value is -0.0800. The Kier molecular flexibility index (Phi) is 5.39. The minimum atomic E-state index is 0.782. The van der Waals surface area contributed by atoms with Gasteiger partial charge in [0.15, 0.2) is 0 Å². The van der Waals surface area contributed by atoms with Crippen LogP contribution < -0.4 is 5.32 Å². The summed E-state index contributed by atoms with van der Waals surface area (Å²) in [5.74, 6) is 1.03. The fourth-order valence-electron chi connectivity index (χ4n) is 5.15. The number of hydrogen-bond acceptors (Lipinski definition) is 2. The molecule has 3 aliphatic rings. The lowest BCUT2D eigenvalue weighted by atomic mass is 9.76. The molecular formula is C18H34N2. The van der Waals surface area contributed by atoms with Gasteiger partial charge < -0.3 is 5.32 Å². The SMILES string of the molecule is CCCNC1CCCCC1N1CCC[C@H]2CCCC[C@H]21. The van der Waals surface area contributed by atoms with Crippen LogP contribution in [0.4, 0.5) is 0 Å². The molecule has 0 aromatic heterocycles. The van der Waals surface area contributed by atoms with E-state index in [1.165, 1.54) is 83.7 Å². The summed E-state index contributed by atoms with van der Waals surface area (Å²) < 4.78 is 0. The van der Waals surface area contributed by atoms with E-state index in [1.54, 1.807) is 0 Å². The number of nitrogens with zero attached hydrogens (tertiary/aromatic N) is 1. The van der Waals surface area contributed by atoms with Gasteiger partial charge in [-0.05, 0) is 64.0 Å². The molecule has 20 heavy (non-hydrogen) atoms. The molecule has 2 saturated carbocycles. The summed E-state index contributed by atoms with van der Waals surface area (Å²) in [6, 6.07) is 2.57. The van der Waals surface area contributed by atoms with Gasteiger partial charge in [-0.25, -0.2) is 0 Å². The zero-order chi connectivity index (χ0) is 13.8. The van der Waals surface area contributed by atoms with E-state index in [9.17, 15) is 0 Å². The summed E-state index contributed by atoms with van der Waals surface area (Å²) in [7, 11) is 0. The van der Waals surface area contributed by atoms with E-state index in [-0.39, 0.29) is 0 Å². The first-order chi connectivity index (χ1) is 9.90. The second-order valence-corrected chi connectivity index (χ2v) is 7.40. The standard InChI is InChI=1S/C18H34N2/c1-2-13-19-16-10-4-6-12-18(16)20-14-7-9-15-8-3-5-11-17(15)20/h15-19H,2-14H2,1H3/t15-,16?,17-,18?/m1/s1. The molecule has 1 saturated heterocycles. The van der Waals surface area contributed by atoms with Gasteiger partial charge in [0.05, 0.1) is 0 Å². The third-order valence-electron chi connectivity index (χ3n) is 6.10. The minimum Gasteiger partial charge on any atom is -0.312 e. The molecule has 2 heteroatoms. The molecule has 0 aromatic rings. The second kappa shape index (κ2) is 7.26. The molecule has 2 aliphatic carbocycles. The summed E-state index contributed by atoms with van der Waals surface area (Å²) in [6.45, 7) is 4.89. The Morgan fingerprint density at radius 3 is 2.40 bits per heavy atom. The molecule has 116 valence electrons. The highest BCUT2D eigenvalue weighted by Crippen LogP contribution is 2.38. The number of piperidine rings is 1. The summed E-state index contributed by atoms with van der Waals surface area (Å²) in [6.07, 6.45) is 16.0. The maximum absolute atomic E-state index is 3.87. The van der Waals surface area contributed by atoms with Crippen molar-refractivity contribution < 1.29 is 0 Å². The Bertz CT molecular complexity index is 289. The van der Waals surface area contributed by atoms with Gasteiger partial charge in [-0.1, -0.05) is 32.6 Å². The van der Waals surface area contributed by atoms with Crippen molar-refractivity contribution in [1.82, 2.24) is 10.2 Å². The average Bonchev–Trinajstić information content (AvgIpc) is 2.53. The lowest BCUT2D eigenvalue weighted by Crippen LogP contribution is -2.59. The van der Waals surface area contributed by atoms with E-state index in [4.69, 9.17) is 0 Å². The molecule has 0 bridgehead atoms. The Morgan fingerprint density at radius 1 is 0.850 bits per heavy atom. The van der Waals surface area contributed by atoms with Crippen molar-refractivity contribution >= 4 is 0 Å².